The summed E-state index contributed by atoms with van der Waals surface area (Å²) in [5.74, 6) is -0.375. The molecule has 0 unspecified atom stereocenters. The minimum absolute atomic E-state index is 0.168. The van der Waals surface area contributed by atoms with Gasteiger partial charge in [-0.3, -0.25) is 9.59 Å². The number of para-hydroxylation sites is 1. The van der Waals surface area contributed by atoms with Gasteiger partial charge in [0.2, 0.25) is 0 Å². The predicted octanol–water partition coefficient (Wildman–Crippen LogP) is 4.70. The van der Waals surface area contributed by atoms with Crippen molar-refractivity contribution in [1.29, 1.82) is 0 Å². The number of hydrogen-bond acceptors (Lipinski definition) is 4. The largest absolute Gasteiger partial charge is 0.490 e. The molecular formula is C18H15BrF3NO4. The highest BCUT2D eigenvalue weighted by Gasteiger charge is 2.33. The fourth-order valence-electron chi connectivity index (χ4n) is 2.22. The maximum atomic E-state index is 13.0. The summed E-state index contributed by atoms with van der Waals surface area (Å²) in [6.45, 7) is 1.47. The zero-order valence-corrected chi connectivity index (χ0v) is 15.7. The minimum atomic E-state index is -4.60. The maximum absolute atomic E-state index is 13.0. The Morgan fingerprint density at radius 1 is 1.22 bits per heavy atom. The Hall–Kier alpha value is -2.55. The number of alkyl halides is 3. The van der Waals surface area contributed by atoms with E-state index in [0.717, 1.165) is 12.1 Å². The van der Waals surface area contributed by atoms with Crippen molar-refractivity contribution in [2.75, 3.05) is 18.5 Å². The number of halogens is 4. The van der Waals surface area contributed by atoms with Crippen LogP contribution in [0.2, 0.25) is 0 Å². The van der Waals surface area contributed by atoms with Gasteiger partial charge in [-0.05, 0) is 47.1 Å². The highest BCUT2D eigenvalue weighted by molar-refractivity contribution is 9.10. The monoisotopic (exact) mass is 445 g/mol. The van der Waals surface area contributed by atoms with Gasteiger partial charge in [-0.2, -0.15) is 13.2 Å². The first-order valence-corrected chi connectivity index (χ1v) is 8.56. The molecule has 0 radical (unpaired) electrons. The van der Waals surface area contributed by atoms with Gasteiger partial charge in [-0.15, -0.1) is 0 Å². The molecule has 0 spiro atoms. The third kappa shape index (κ3) is 5.46. The number of nitrogens with one attached hydrogen (secondary N) is 1. The highest BCUT2D eigenvalue weighted by atomic mass is 79.9. The van der Waals surface area contributed by atoms with E-state index in [4.69, 9.17) is 9.47 Å². The average Bonchev–Trinajstić information content (AvgIpc) is 2.60. The molecule has 9 heteroatoms. The second-order valence-corrected chi connectivity index (χ2v) is 6.12. The molecule has 27 heavy (non-hydrogen) atoms. The van der Waals surface area contributed by atoms with Crippen molar-refractivity contribution in [2.45, 2.75) is 13.1 Å². The van der Waals surface area contributed by atoms with Crippen molar-refractivity contribution >= 4 is 33.8 Å². The summed E-state index contributed by atoms with van der Waals surface area (Å²) in [4.78, 5) is 23.0. The first-order valence-electron chi connectivity index (χ1n) is 7.76. The lowest BCUT2D eigenvalue weighted by molar-refractivity contribution is -0.137. The van der Waals surface area contributed by atoms with Crippen LogP contribution in [0.4, 0.5) is 18.9 Å². The summed E-state index contributed by atoms with van der Waals surface area (Å²) in [7, 11) is 0. The Morgan fingerprint density at radius 2 is 1.93 bits per heavy atom. The Morgan fingerprint density at radius 3 is 2.56 bits per heavy atom. The van der Waals surface area contributed by atoms with Crippen LogP contribution < -0.4 is 14.8 Å². The SMILES string of the molecule is CCOc1cc(C=O)cc(Br)c1OCC(=O)Nc1ccccc1C(F)(F)F. The molecule has 0 heterocycles. The zero-order valence-electron chi connectivity index (χ0n) is 14.1. The lowest BCUT2D eigenvalue weighted by Crippen LogP contribution is -2.22. The van der Waals surface area contributed by atoms with Crippen LogP contribution >= 0.6 is 15.9 Å². The van der Waals surface area contributed by atoms with Crippen molar-refractivity contribution in [3.05, 3.63) is 52.0 Å². The van der Waals surface area contributed by atoms with E-state index in [1.807, 2.05) is 0 Å². The van der Waals surface area contributed by atoms with Gasteiger partial charge in [0.1, 0.15) is 6.29 Å². The number of rotatable bonds is 7. The fourth-order valence-corrected chi connectivity index (χ4v) is 2.80. The Kier molecular flexibility index (Phi) is 6.84. The minimum Gasteiger partial charge on any atom is -0.490 e. The topological polar surface area (TPSA) is 64.6 Å². The van der Waals surface area contributed by atoms with E-state index in [1.165, 1.54) is 24.3 Å². The number of hydrogen-bond donors (Lipinski definition) is 1. The fraction of sp³-hybridized carbons (Fsp3) is 0.222. The molecule has 144 valence electrons. The molecule has 2 aromatic carbocycles. The van der Waals surface area contributed by atoms with E-state index in [0.29, 0.717) is 16.3 Å². The maximum Gasteiger partial charge on any atom is 0.418 e. The van der Waals surface area contributed by atoms with Crippen LogP contribution in [0.25, 0.3) is 0 Å². The van der Waals surface area contributed by atoms with E-state index < -0.39 is 24.3 Å². The van der Waals surface area contributed by atoms with E-state index in [9.17, 15) is 22.8 Å². The third-order valence-electron chi connectivity index (χ3n) is 3.32. The van der Waals surface area contributed by atoms with Crippen molar-refractivity contribution in [2.24, 2.45) is 0 Å². The highest BCUT2D eigenvalue weighted by Crippen LogP contribution is 2.37. The van der Waals surface area contributed by atoms with Gasteiger partial charge in [0.15, 0.2) is 18.1 Å². The van der Waals surface area contributed by atoms with Crippen molar-refractivity contribution in [3.63, 3.8) is 0 Å². The van der Waals surface area contributed by atoms with Gasteiger partial charge in [-0.25, -0.2) is 0 Å². The standard InChI is InChI=1S/C18H15BrF3NO4/c1-2-26-15-8-11(9-24)7-13(19)17(15)27-10-16(25)23-14-6-4-3-5-12(14)18(20,21)22/h3-9H,2,10H2,1H3,(H,23,25). The molecule has 2 aromatic rings. The van der Waals surface area contributed by atoms with Gasteiger partial charge in [-0.1, -0.05) is 12.1 Å². The molecule has 0 aliphatic rings. The second-order valence-electron chi connectivity index (χ2n) is 5.26. The summed E-state index contributed by atoms with van der Waals surface area (Å²) in [6.07, 6.45) is -3.97. The van der Waals surface area contributed by atoms with Gasteiger partial charge >= 0.3 is 6.18 Å². The van der Waals surface area contributed by atoms with E-state index in [-0.39, 0.29) is 23.8 Å². The second kappa shape index (κ2) is 8.90. The molecule has 0 aliphatic carbocycles. The predicted molar refractivity (Wildman–Crippen MR) is 96.3 cm³/mol. The Bertz CT molecular complexity index is 840. The van der Waals surface area contributed by atoms with Crippen LogP contribution in [-0.2, 0) is 11.0 Å². The number of carbonyl (C=O) groups excluding carboxylic acids is 2. The number of ether oxygens (including phenoxy) is 2. The van der Waals surface area contributed by atoms with Gasteiger partial charge in [0.05, 0.1) is 22.3 Å². The molecule has 5 nitrogen and oxygen atoms in total. The third-order valence-corrected chi connectivity index (χ3v) is 3.91. The molecule has 0 bridgehead atoms. The molecule has 1 N–H and O–H groups in total. The summed E-state index contributed by atoms with van der Waals surface area (Å²) in [5, 5.41) is 2.18. The van der Waals surface area contributed by atoms with Crippen LogP contribution in [0.5, 0.6) is 11.5 Å². The first kappa shape index (κ1) is 20.8. The molecule has 0 saturated carbocycles. The van der Waals surface area contributed by atoms with Gasteiger partial charge in [0, 0.05) is 5.56 Å². The molecule has 0 aliphatic heterocycles. The smallest absolute Gasteiger partial charge is 0.418 e. The van der Waals surface area contributed by atoms with Crippen LogP contribution in [-0.4, -0.2) is 25.4 Å². The van der Waals surface area contributed by atoms with E-state index >= 15 is 0 Å². The molecule has 0 fully saturated rings. The molecule has 0 atom stereocenters. The lowest BCUT2D eigenvalue weighted by atomic mass is 10.1. The zero-order chi connectivity index (χ0) is 20.0. The first-order chi connectivity index (χ1) is 12.8. The Labute approximate surface area is 161 Å². The van der Waals surface area contributed by atoms with Crippen LogP contribution in [0.1, 0.15) is 22.8 Å². The average molecular weight is 446 g/mol. The quantitative estimate of drug-likeness (QED) is 0.627. The molecule has 2 rings (SSSR count). The van der Waals surface area contributed by atoms with Crippen LogP contribution in [0.3, 0.4) is 0 Å². The summed E-state index contributed by atoms with van der Waals surface area (Å²) >= 11 is 3.22. The lowest BCUT2D eigenvalue weighted by Gasteiger charge is -2.16. The number of amides is 1. The number of benzene rings is 2. The molecular weight excluding hydrogens is 431 g/mol. The molecule has 1 amide bonds. The van der Waals surface area contributed by atoms with Gasteiger partial charge in [0.25, 0.3) is 5.91 Å². The number of anilines is 1. The Balaban J connectivity index is 2.14. The van der Waals surface area contributed by atoms with Crippen molar-refractivity contribution < 1.29 is 32.2 Å². The normalized spacial score (nSPS) is 11.0. The summed E-state index contributed by atoms with van der Waals surface area (Å²) < 4.78 is 50.1. The van der Waals surface area contributed by atoms with Gasteiger partial charge < -0.3 is 14.8 Å². The number of carbonyl (C=O) groups is 2. The van der Waals surface area contributed by atoms with Crippen molar-refractivity contribution in [1.82, 2.24) is 0 Å². The summed E-state index contributed by atoms with van der Waals surface area (Å²) in [5.41, 5.74) is -0.981. The number of aldehydes is 1. The van der Waals surface area contributed by atoms with Crippen LogP contribution in [0.15, 0.2) is 40.9 Å². The van der Waals surface area contributed by atoms with E-state index in [1.54, 1.807) is 6.92 Å². The van der Waals surface area contributed by atoms with E-state index in [2.05, 4.69) is 21.2 Å². The molecule has 0 saturated heterocycles. The van der Waals surface area contributed by atoms with Crippen molar-refractivity contribution in [3.8, 4) is 11.5 Å². The van der Waals surface area contributed by atoms with Crippen LogP contribution in [0, 0.1) is 0 Å². The summed E-state index contributed by atoms with van der Waals surface area (Å²) in [6, 6.07) is 7.55. The molecule has 0 aromatic heterocycles.